The molecule has 9 rings (SSSR count). The highest BCUT2D eigenvalue weighted by atomic mass is 16.5. The molecule has 0 unspecified atom stereocenters. The normalized spacial score (nSPS) is 23.7. The van der Waals surface area contributed by atoms with Crippen LogP contribution in [0.3, 0.4) is 0 Å². The Labute approximate surface area is 288 Å². The van der Waals surface area contributed by atoms with Crippen molar-refractivity contribution in [3.8, 4) is 17.3 Å². The van der Waals surface area contributed by atoms with Crippen molar-refractivity contribution >= 4 is 28.7 Å². The molecular formula is C35H42N10O5. The number of fused-ring (bicyclic) bond motifs is 1. The summed E-state index contributed by atoms with van der Waals surface area (Å²) in [7, 11) is 1.52. The fourth-order valence-electron chi connectivity index (χ4n) is 8.81. The summed E-state index contributed by atoms with van der Waals surface area (Å²) in [6.45, 7) is 8.32. The van der Waals surface area contributed by atoms with Crippen molar-refractivity contribution in [2.45, 2.75) is 83.8 Å². The molecule has 0 aromatic carbocycles. The number of methoxy groups -OCH3 is 1. The number of nitrogens with zero attached hydrogens (tertiary/aromatic N) is 9. The number of piperazine rings is 1. The lowest BCUT2D eigenvalue weighted by molar-refractivity contribution is -0.176. The van der Waals surface area contributed by atoms with Gasteiger partial charge < -0.3 is 29.5 Å². The zero-order valence-electron chi connectivity index (χ0n) is 29.1. The van der Waals surface area contributed by atoms with Gasteiger partial charge in [-0.1, -0.05) is 6.92 Å². The number of pyridine rings is 2. The lowest BCUT2D eigenvalue weighted by atomic mass is 9.37. The molecular weight excluding hydrogens is 640 g/mol. The maximum Gasteiger partial charge on any atom is 0.277 e. The number of aryl methyl sites for hydroxylation is 1. The van der Waals surface area contributed by atoms with Gasteiger partial charge in [0.25, 0.3) is 5.91 Å². The van der Waals surface area contributed by atoms with Crippen molar-refractivity contribution in [3.05, 3.63) is 52.0 Å². The molecule has 4 saturated carbocycles. The summed E-state index contributed by atoms with van der Waals surface area (Å²) < 4.78 is 7.14. The van der Waals surface area contributed by atoms with Crippen molar-refractivity contribution in [1.82, 2.24) is 44.7 Å². The molecule has 4 aromatic rings. The van der Waals surface area contributed by atoms with Crippen LogP contribution in [-0.4, -0.2) is 94.2 Å². The topological polar surface area (TPSA) is 173 Å². The van der Waals surface area contributed by atoms with Gasteiger partial charge >= 0.3 is 0 Å². The van der Waals surface area contributed by atoms with Crippen molar-refractivity contribution in [3.63, 3.8) is 0 Å². The Balaban J connectivity index is 1.16. The number of aromatic nitrogens is 7. The van der Waals surface area contributed by atoms with Crippen LogP contribution in [0.4, 0.5) is 5.69 Å². The molecule has 2 bridgehead atoms. The summed E-state index contributed by atoms with van der Waals surface area (Å²) in [5, 5.41) is 23.3. The van der Waals surface area contributed by atoms with E-state index >= 15 is 0 Å². The Morgan fingerprint density at radius 2 is 1.86 bits per heavy atom. The number of ether oxygens (including phenoxy) is 1. The van der Waals surface area contributed by atoms with E-state index in [0.717, 1.165) is 25.2 Å². The number of carbonyl (C=O) groups excluding carboxylic acids is 2. The molecule has 1 aliphatic heterocycles. The number of anilines is 1. The van der Waals surface area contributed by atoms with E-state index in [9.17, 15) is 19.5 Å². The number of rotatable bonds is 9. The molecule has 50 heavy (non-hydrogen) atoms. The third kappa shape index (κ3) is 4.99. The number of aromatic hydroxyl groups is 1. The third-order valence-electron chi connectivity index (χ3n) is 11.3. The van der Waals surface area contributed by atoms with Crippen molar-refractivity contribution < 1.29 is 19.4 Å². The van der Waals surface area contributed by atoms with E-state index in [4.69, 9.17) is 9.84 Å². The second-order valence-electron chi connectivity index (χ2n) is 15.1. The van der Waals surface area contributed by atoms with Gasteiger partial charge in [-0.3, -0.25) is 14.4 Å². The Hall–Kier alpha value is -5.08. The van der Waals surface area contributed by atoms with Crippen LogP contribution in [0.15, 0.2) is 29.5 Å². The monoisotopic (exact) mass is 682 g/mol. The van der Waals surface area contributed by atoms with Gasteiger partial charge in [-0.05, 0) is 76.7 Å². The van der Waals surface area contributed by atoms with Gasteiger partial charge in [-0.2, -0.15) is 0 Å². The molecule has 262 valence electrons. The number of amides is 2. The standard InChI is InChI=1S/C35H42N10O5/c1-6-23-28(42-11-12-44(33(3,4)18-42)32(49)27-29(47)20(2)37-19-38-27)30(48)26-31(41-45(40-26)22-9-10-36-25(13-22)50-5)43(23)14-24(46)39-35-15-34(16-35,17-35)21-7-8-21/h9-10,13,19,21,47H,6-8,11-12,14-18H2,1-5H3,(H,39,46). The second kappa shape index (κ2) is 11.2. The maximum absolute atomic E-state index is 14.5. The van der Waals surface area contributed by atoms with Gasteiger partial charge in [0.15, 0.2) is 22.6 Å². The zero-order chi connectivity index (χ0) is 35.2. The van der Waals surface area contributed by atoms with Crippen LogP contribution < -0.4 is 20.4 Å². The van der Waals surface area contributed by atoms with Gasteiger partial charge in [-0.15, -0.1) is 15.0 Å². The van der Waals surface area contributed by atoms with Crippen molar-refractivity contribution in [1.29, 1.82) is 0 Å². The molecule has 5 fully saturated rings. The Morgan fingerprint density at radius 1 is 1.10 bits per heavy atom. The summed E-state index contributed by atoms with van der Waals surface area (Å²) in [5.74, 6) is 0.427. The largest absolute Gasteiger partial charge is 0.504 e. The first kappa shape index (κ1) is 32.1. The van der Waals surface area contributed by atoms with E-state index in [1.807, 2.05) is 30.2 Å². The van der Waals surface area contributed by atoms with E-state index < -0.39 is 11.4 Å². The molecule has 2 amide bonds. The average molecular weight is 683 g/mol. The molecule has 15 nitrogen and oxygen atoms in total. The van der Waals surface area contributed by atoms with Gasteiger partial charge in [0.1, 0.15) is 18.6 Å². The summed E-state index contributed by atoms with van der Waals surface area (Å²) >= 11 is 0. The van der Waals surface area contributed by atoms with E-state index in [-0.39, 0.29) is 46.9 Å². The van der Waals surface area contributed by atoms with Crippen LogP contribution in [0.2, 0.25) is 0 Å². The first-order valence-electron chi connectivity index (χ1n) is 17.3. The molecule has 0 radical (unpaired) electrons. The van der Waals surface area contributed by atoms with Crippen LogP contribution in [0.1, 0.15) is 74.8 Å². The van der Waals surface area contributed by atoms with Gasteiger partial charge in [0.2, 0.25) is 17.2 Å². The van der Waals surface area contributed by atoms with Crippen molar-refractivity contribution in [2.75, 3.05) is 31.6 Å². The fourth-order valence-corrected chi connectivity index (χ4v) is 8.81. The quantitative estimate of drug-likeness (QED) is 0.266. The van der Waals surface area contributed by atoms with E-state index in [0.29, 0.717) is 59.2 Å². The van der Waals surface area contributed by atoms with Gasteiger partial charge in [0.05, 0.1) is 24.0 Å². The van der Waals surface area contributed by atoms with E-state index in [1.54, 1.807) is 30.2 Å². The van der Waals surface area contributed by atoms with Gasteiger partial charge in [-0.25, -0.2) is 15.0 Å². The summed E-state index contributed by atoms with van der Waals surface area (Å²) in [4.78, 5) is 59.3. The third-order valence-corrected chi connectivity index (χ3v) is 11.3. The lowest BCUT2D eigenvalue weighted by Crippen LogP contribution is -2.75. The van der Waals surface area contributed by atoms with Crippen molar-refractivity contribution in [2.24, 2.45) is 11.3 Å². The molecule has 1 saturated heterocycles. The molecule has 0 spiro atoms. The number of carbonyl (C=O) groups is 2. The Bertz CT molecular complexity index is 2100. The van der Waals surface area contributed by atoms with Crippen LogP contribution in [0, 0.1) is 18.3 Å². The molecule has 0 atom stereocenters. The summed E-state index contributed by atoms with van der Waals surface area (Å²) in [5.41, 5.74) is 1.63. The number of hydrogen-bond acceptors (Lipinski definition) is 11. The van der Waals surface area contributed by atoms with Crippen LogP contribution in [-0.2, 0) is 17.8 Å². The predicted molar refractivity (Wildman–Crippen MR) is 182 cm³/mol. The average Bonchev–Trinajstić information content (AvgIpc) is 3.80. The number of nitrogens with one attached hydrogen (secondary N) is 1. The predicted octanol–water partition coefficient (Wildman–Crippen LogP) is 2.54. The highest BCUT2D eigenvalue weighted by molar-refractivity contribution is 5.95. The highest BCUT2D eigenvalue weighted by Crippen LogP contribution is 2.75. The molecule has 4 aromatic heterocycles. The van der Waals surface area contributed by atoms with Crippen LogP contribution in [0.5, 0.6) is 11.6 Å². The summed E-state index contributed by atoms with van der Waals surface area (Å²) in [6.07, 6.45) is 9.06. The maximum atomic E-state index is 14.5. The smallest absolute Gasteiger partial charge is 0.277 e. The lowest BCUT2D eigenvalue weighted by Gasteiger charge is -2.71. The van der Waals surface area contributed by atoms with E-state index in [1.165, 1.54) is 31.1 Å². The van der Waals surface area contributed by atoms with Crippen LogP contribution >= 0.6 is 0 Å². The molecule has 5 aliphatic rings. The minimum absolute atomic E-state index is 0.0162. The fraction of sp³-hybridized carbons (Fsp3) is 0.543. The minimum atomic E-state index is -0.762. The molecule has 5 heterocycles. The number of hydrogen-bond donors (Lipinski definition) is 2. The first-order valence-corrected chi connectivity index (χ1v) is 17.3. The Kier molecular flexibility index (Phi) is 7.21. The Morgan fingerprint density at radius 3 is 2.54 bits per heavy atom. The van der Waals surface area contributed by atoms with E-state index in [2.05, 4.69) is 25.4 Å². The second-order valence-corrected chi connectivity index (χ2v) is 15.1. The zero-order valence-corrected chi connectivity index (χ0v) is 29.1. The van der Waals surface area contributed by atoms with Gasteiger partial charge in [0, 0.05) is 43.1 Å². The highest BCUT2D eigenvalue weighted by Gasteiger charge is 2.72. The SMILES string of the molecule is CCc1c(N2CCN(C(=O)c3ncnc(C)c3O)C(C)(C)C2)c(=O)c2nn(-c3ccnc(OC)c3)nc2n1CC(=O)NC12CC(C3CC3)(C1)C2. The minimum Gasteiger partial charge on any atom is -0.504 e. The molecule has 15 heteroatoms. The first-order chi connectivity index (χ1) is 23.9. The molecule has 4 aliphatic carbocycles. The van der Waals surface area contributed by atoms with Crippen LogP contribution in [0.25, 0.3) is 16.9 Å². The molecule has 2 N–H and O–H groups in total. The summed E-state index contributed by atoms with van der Waals surface area (Å²) in [6, 6.07) is 3.40.